The van der Waals surface area contributed by atoms with Crippen LogP contribution in [0.2, 0.25) is 0 Å². The van der Waals surface area contributed by atoms with Gasteiger partial charge in [-0.1, -0.05) is 6.07 Å². The second kappa shape index (κ2) is 4.87. The van der Waals surface area contributed by atoms with E-state index in [-0.39, 0.29) is 5.91 Å². The summed E-state index contributed by atoms with van der Waals surface area (Å²) in [7, 11) is 5.01. The van der Waals surface area contributed by atoms with Crippen molar-refractivity contribution in [3.05, 3.63) is 34.3 Å². The van der Waals surface area contributed by atoms with Crippen LogP contribution in [0.3, 0.4) is 0 Å². The molecule has 1 unspecified atom stereocenters. The summed E-state index contributed by atoms with van der Waals surface area (Å²) in [5.74, 6) is -0.777. The summed E-state index contributed by atoms with van der Waals surface area (Å²) in [6.07, 6.45) is 0. The first kappa shape index (κ1) is 13.3. The molecule has 1 aromatic heterocycles. The Morgan fingerprint density at radius 3 is 2.79 bits per heavy atom. The lowest BCUT2D eigenvalue weighted by molar-refractivity contribution is -0.126. The zero-order valence-electron chi connectivity index (χ0n) is 11.0. The number of carbonyl (C=O) groups is 1. The Labute approximate surface area is 109 Å². The molecule has 0 aliphatic carbocycles. The van der Waals surface area contributed by atoms with Crippen molar-refractivity contribution in [2.24, 2.45) is 12.8 Å². The molecule has 7 heteroatoms. The van der Waals surface area contributed by atoms with Crippen LogP contribution in [0.5, 0.6) is 0 Å². The van der Waals surface area contributed by atoms with Crippen LogP contribution >= 0.6 is 0 Å². The standard InChI is InChI=1S/C12H16N4O3/c1-15(2)14-11(17)10(13)7-4-5-8-9(6-7)19-12(18)16(8)3/h4-6,10H,13H2,1-3H3,(H,14,17). The fraction of sp³-hybridized carbons (Fsp3) is 0.333. The monoisotopic (exact) mass is 264 g/mol. The van der Waals surface area contributed by atoms with Crippen LogP contribution < -0.4 is 16.9 Å². The van der Waals surface area contributed by atoms with Gasteiger partial charge in [-0.25, -0.2) is 9.80 Å². The van der Waals surface area contributed by atoms with E-state index >= 15 is 0 Å². The van der Waals surface area contributed by atoms with Gasteiger partial charge in [-0.15, -0.1) is 0 Å². The lowest BCUT2D eigenvalue weighted by Gasteiger charge is -2.16. The number of nitrogens with one attached hydrogen (secondary N) is 1. The molecule has 0 bridgehead atoms. The second-order valence-electron chi connectivity index (χ2n) is 4.50. The Hall–Kier alpha value is -2.12. The number of amides is 1. The topological polar surface area (TPSA) is 93.5 Å². The van der Waals surface area contributed by atoms with Crippen LogP contribution in [0.25, 0.3) is 11.1 Å². The van der Waals surface area contributed by atoms with Gasteiger partial charge in [-0.3, -0.25) is 14.8 Å². The normalized spacial score (nSPS) is 12.9. The third kappa shape index (κ3) is 2.51. The molecule has 102 valence electrons. The minimum atomic E-state index is -0.822. The summed E-state index contributed by atoms with van der Waals surface area (Å²) in [6, 6.07) is 4.20. The summed E-state index contributed by atoms with van der Waals surface area (Å²) in [5.41, 5.74) is 10.1. The van der Waals surface area contributed by atoms with Gasteiger partial charge in [0.15, 0.2) is 5.58 Å². The summed E-state index contributed by atoms with van der Waals surface area (Å²) < 4.78 is 6.45. The van der Waals surface area contributed by atoms with Crippen molar-refractivity contribution in [3.63, 3.8) is 0 Å². The number of nitrogens with zero attached hydrogens (tertiary/aromatic N) is 2. The van der Waals surface area contributed by atoms with E-state index < -0.39 is 11.8 Å². The highest BCUT2D eigenvalue weighted by molar-refractivity contribution is 5.84. The van der Waals surface area contributed by atoms with E-state index in [0.29, 0.717) is 16.7 Å². The number of fused-ring (bicyclic) bond motifs is 1. The van der Waals surface area contributed by atoms with Crippen LogP contribution in [0, 0.1) is 0 Å². The number of hydrogen-bond acceptors (Lipinski definition) is 5. The third-order valence-corrected chi connectivity index (χ3v) is 2.79. The Morgan fingerprint density at radius 1 is 1.47 bits per heavy atom. The molecule has 1 amide bonds. The number of aromatic nitrogens is 1. The molecule has 0 aliphatic rings. The number of benzene rings is 1. The minimum absolute atomic E-state index is 0.331. The smallest absolute Gasteiger partial charge is 0.408 e. The SMILES string of the molecule is CN(C)NC(=O)C(N)c1ccc2c(c1)oc(=O)n2C. The van der Waals surface area contributed by atoms with Crippen molar-refractivity contribution in [2.45, 2.75) is 6.04 Å². The Kier molecular flexibility index (Phi) is 3.41. The summed E-state index contributed by atoms with van der Waals surface area (Å²) in [5, 5.41) is 1.52. The van der Waals surface area contributed by atoms with Crippen LogP contribution in [-0.2, 0) is 11.8 Å². The number of nitrogens with two attached hydrogens (primary N) is 1. The average molecular weight is 264 g/mol. The zero-order chi connectivity index (χ0) is 14.2. The molecule has 0 aliphatic heterocycles. The van der Waals surface area contributed by atoms with Gasteiger partial charge in [-0.05, 0) is 17.7 Å². The van der Waals surface area contributed by atoms with Crippen molar-refractivity contribution >= 4 is 17.0 Å². The molecule has 0 saturated heterocycles. The van der Waals surface area contributed by atoms with E-state index in [2.05, 4.69) is 5.43 Å². The first-order chi connectivity index (χ1) is 8.90. The third-order valence-electron chi connectivity index (χ3n) is 2.79. The molecule has 3 N–H and O–H groups in total. The summed E-state index contributed by atoms with van der Waals surface area (Å²) in [6.45, 7) is 0. The predicted molar refractivity (Wildman–Crippen MR) is 70.2 cm³/mol. The quantitative estimate of drug-likeness (QED) is 0.744. The number of aryl methyl sites for hydroxylation is 1. The molecule has 1 aromatic carbocycles. The van der Waals surface area contributed by atoms with Crippen molar-refractivity contribution < 1.29 is 9.21 Å². The van der Waals surface area contributed by atoms with Crippen LogP contribution in [0.1, 0.15) is 11.6 Å². The lowest BCUT2D eigenvalue weighted by atomic mass is 10.1. The highest BCUT2D eigenvalue weighted by Crippen LogP contribution is 2.18. The number of hydrazine groups is 1. The van der Waals surface area contributed by atoms with Gasteiger partial charge in [-0.2, -0.15) is 0 Å². The Morgan fingerprint density at radius 2 is 2.16 bits per heavy atom. The molecule has 0 radical (unpaired) electrons. The van der Waals surface area contributed by atoms with Gasteiger partial charge in [0, 0.05) is 21.1 Å². The fourth-order valence-corrected chi connectivity index (χ4v) is 1.79. The largest absolute Gasteiger partial charge is 0.419 e. The van der Waals surface area contributed by atoms with Crippen molar-refractivity contribution in [3.8, 4) is 0 Å². The van der Waals surface area contributed by atoms with E-state index in [0.717, 1.165) is 0 Å². The number of carbonyl (C=O) groups excluding carboxylic acids is 1. The van der Waals surface area contributed by atoms with E-state index in [1.54, 1.807) is 39.3 Å². The summed E-state index contributed by atoms with van der Waals surface area (Å²) in [4.78, 5) is 23.2. The second-order valence-corrected chi connectivity index (χ2v) is 4.50. The van der Waals surface area contributed by atoms with Crippen molar-refractivity contribution in [1.29, 1.82) is 0 Å². The minimum Gasteiger partial charge on any atom is -0.408 e. The van der Waals surface area contributed by atoms with E-state index in [1.807, 2.05) is 0 Å². The maximum atomic E-state index is 11.8. The highest BCUT2D eigenvalue weighted by atomic mass is 16.4. The first-order valence-electron chi connectivity index (χ1n) is 5.73. The fourth-order valence-electron chi connectivity index (χ4n) is 1.79. The molecule has 2 aromatic rings. The van der Waals surface area contributed by atoms with E-state index in [1.165, 1.54) is 9.58 Å². The highest BCUT2D eigenvalue weighted by Gasteiger charge is 2.18. The molecule has 0 spiro atoms. The van der Waals surface area contributed by atoms with Gasteiger partial charge < -0.3 is 10.2 Å². The molecule has 19 heavy (non-hydrogen) atoms. The summed E-state index contributed by atoms with van der Waals surface area (Å²) >= 11 is 0. The zero-order valence-corrected chi connectivity index (χ0v) is 11.0. The van der Waals surface area contributed by atoms with Gasteiger partial charge >= 0.3 is 5.76 Å². The van der Waals surface area contributed by atoms with E-state index in [4.69, 9.17) is 10.2 Å². The molecule has 1 atom stereocenters. The maximum Gasteiger partial charge on any atom is 0.419 e. The number of rotatable bonds is 3. The molecule has 0 saturated carbocycles. The van der Waals surface area contributed by atoms with Crippen LogP contribution in [-0.4, -0.2) is 29.6 Å². The maximum absolute atomic E-state index is 11.8. The van der Waals surface area contributed by atoms with E-state index in [9.17, 15) is 9.59 Å². The Balaban J connectivity index is 2.35. The van der Waals surface area contributed by atoms with Crippen molar-refractivity contribution in [2.75, 3.05) is 14.1 Å². The molecule has 0 fully saturated rings. The average Bonchev–Trinajstić information content (AvgIpc) is 2.63. The molecule has 7 nitrogen and oxygen atoms in total. The lowest BCUT2D eigenvalue weighted by Crippen LogP contribution is -2.41. The molecule has 1 heterocycles. The van der Waals surface area contributed by atoms with Gasteiger partial charge in [0.05, 0.1) is 5.52 Å². The Bertz CT molecular complexity index is 671. The van der Waals surface area contributed by atoms with Crippen LogP contribution in [0.4, 0.5) is 0 Å². The van der Waals surface area contributed by atoms with Gasteiger partial charge in [0.25, 0.3) is 5.91 Å². The van der Waals surface area contributed by atoms with Crippen LogP contribution in [0.15, 0.2) is 27.4 Å². The molecule has 2 rings (SSSR count). The van der Waals surface area contributed by atoms with Gasteiger partial charge in [0.1, 0.15) is 6.04 Å². The molecular formula is C12H16N4O3. The molecular weight excluding hydrogens is 248 g/mol. The number of hydrogen-bond donors (Lipinski definition) is 2. The van der Waals surface area contributed by atoms with Crippen molar-refractivity contribution in [1.82, 2.24) is 15.0 Å². The first-order valence-corrected chi connectivity index (χ1v) is 5.73. The number of oxazole rings is 1. The van der Waals surface area contributed by atoms with Gasteiger partial charge in [0.2, 0.25) is 0 Å². The predicted octanol–water partition coefficient (Wildman–Crippen LogP) is -0.276.